The molecule has 1 saturated heterocycles. The Hall–Kier alpha value is -2.34. The first-order valence-corrected chi connectivity index (χ1v) is 10.5. The Kier molecular flexibility index (Phi) is 6.63. The largest absolute Gasteiger partial charge is 0.449 e. The Morgan fingerprint density at radius 3 is 2.45 bits per heavy atom. The number of hydrogen-bond acceptors (Lipinski definition) is 4. The van der Waals surface area contributed by atoms with Crippen LogP contribution >= 0.6 is 11.6 Å². The standard InChI is InChI=1S/C22H28ClN3O3/c1-14-9-8-10-15(2)26(14)21(27)17(4)29-22(28)19-16(3)24-25(20(19)23)13-18-11-6-5-7-12-18/h5-7,11-12,14-15,17H,8-10,13H2,1-4H3/t14-,15-,17-/m0/s1. The Bertz CT molecular complexity index is 871. The van der Waals surface area contributed by atoms with Crippen LogP contribution < -0.4 is 0 Å². The molecule has 3 atom stereocenters. The van der Waals surface area contributed by atoms with E-state index in [1.807, 2.05) is 49.1 Å². The second-order valence-corrected chi connectivity index (χ2v) is 8.17. The van der Waals surface area contributed by atoms with Crippen LogP contribution in [0.4, 0.5) is 0 Å². The van der Waals surface area contributed by atoms with Crippen LogP contribution in [0.1, 0.15) is 61.6 Å². The molecule has 1 aromatic heterocycles. The zero-order valence-electron chi connectivity index (χ0n) is 17.4. The van der Waals surface area contributed by atoms with E-state index < -0.39 is 12.1 Å². The van der Waals surface area contributed by atoms with E-state index in [1.54, 1.807) is 18.5 Å². The second-order valence-electron chi connectivity index (χ2n) is 7.82. The molecule has 0 radical (unpaired) electrons. The van der Waals surface area contributed by atoms with Gasteiger partial charge in [0.05, 0.1) is 12.2 Å². The molecule has 0 N–H and O–H groups in total. The molecule has 2 aromatic rings. The maximum absolute atomic E-state index is 12.9. The molecule has 29 heavy (non-hydrogen) atoms. The molecule has 3 rings (SSSR count). The predicted octanol–water partition coefficient (Wildman–Crippen LogP) is 4.23. The summed E-state index contributed by atoms with van der Waals surface area (Å²) in [6.07, 6.45) is 2.16. The molecule has 2 heterocycles. The van der Waals surface area contributed by atoms with Gasteiger partial charge in [0.15, 0.2) is 6.10 Å². The number of nitrogens with zero attached hydrogens (tertiary/aromatic N) is 3. The van der Waals surface area contributed by atoms with E-state index in [2.05, 4.69) is 5.10 Å². The minimum Gasteiger partial charge on any atom is -0.449 e. The Balaban J connectivity index is 1.72. The van der Waals surface area contributed by atoms with E-state index in [0.29, 0.717) is 12.2 Å². The zero-order valence-corrected chi connectivity index (χ0v) is 18.1. The summed E-state index contributed by atoms with van der Waals surface area (Å²) in [5, 5.41) is 4.60. The second kappa shape index (κ2) is 8.99. The Labute approximate surface area is 176 Å². The lowest BCUT2D eigenvalue weighted by Gasteiger charge is -2.40. The number of likely N-dealkylation sites (tertiary alicyclic amines) is 1. The van der Waals surface area contributed by atoms with Crippen molar-refractivity contribution in [3.05, 3.63) is 52.3 Å². The monoisotopic (exact) mass is 417 g/mol. The summed E-state index contributed by atoms with van der Waals surface area (Å²) in [5.41, 5.74) is 1.71. The molecule has 1 amide bonds. The van der Waals surface area contributed by atoms with Crippen LogP contribution in [0.3, 0.4) is 0 Å². The van der Waals surface area contributed by atoms with E-state index in [1.165, 1.54) is 0 Å². The number of carbonyl (C=O) groups excluding carboxylic acids is 2. The highest BCUT2D eigenvalue weighted by Gasteiger charge is 2.34. The molecule has 6 nitrogen and oxygen atoms in total. The number of aryl methyl sites for hydroxylation is 1. The van der Waals surface area contributed by atoms with Gasteiger partial charge in [0.2, 0.25) is 0 Å². The van der Waals surface area contributed by atoms with Gasteiger partial charge in [-0.25, -0.2) is 9.48 Å². The highest BCUT2D eigenvalue weighted by molar-refractivity contribution is 6.32. The zero-order chi connectivity index (χ0) is 21.1. The smallest absolute Gasteiger partial charge is 0.343 e. The third kappa shape index (κ3) is 4.64. The summed E-state index contributed by atoms with van der Waals surface area (Å²) in [6.45, 7) is 7.86. The van der Waals surface area contributed by atoms with Crippen LogP contribution in [0, 0.1) is 6.92 Å². The van der Waals surface area contributed by atoms with Crippen molar-refractivity contribution in [1.82, 2.24) is 14.7 Å². The van der Waals surface area contributed by atoms with E-state index in [0.717, 1.165) is 24.8 Å². The first-order valence-electron chi connectivity index (χ1n) is 10.1. The topological polar surface area (TPSA) is 64.4 Å². The number of amides is 1. The summed E-state index contributed by atoms with van der Waals surface area (Å²) in [7, 11) is 0. The number of esters is 1. The van der Waals surface area contributed by atoms with E-state index in [9.17, 15) is 9.59 Å². The molecule has 0 bridgehead atoms. The molecule has 156 valence electrons. The van der Waals surface area contributed by atoms with Crippen molar-refractivity contribution in [2.24, 2.45) is 0 Å². The summed E-state index contributed by atoms with van der Waals surface area (Å²) in [5.74, 6) is -0.784. The van der Waals surface area contributed by atoms with Crippen molar-refractivity contribution in [2.45, 2.75) is 71.7 Å². The summed E-state index contributed by atoms with van der Waals surface area (Å²) in [6, 6.07) is 10.0. The van der Waals surface area contributed by atoms with Gasteiger partial charge >= 0.3 is 5.97 Å². The van der Waals surface area contributed by atoms with Gasteiger partial charge in [0, 0.05) is 12.1 Å². The molecule has 1 fully saturated rings. The van der Waals surface area contributed by atoms with Crippen molar-refractivity contribution in [3.63, 3.8) is 0 Å². The number of ether oxygens (including phenoxy) is 1. The molecule has 0 aliphatic carbocycles. The summed E-state index contributed by atoms with van der Waals surface area (Å²) >= 11 is 6.44. The number of hydrogen-bond donors (Lipinski definition) is 0. The molecule has 1 aromatic carbocycles. The predicted molar refractivity (Wildman–Crippen MR) is 112 cm³/mol. The lowest BCUT2D eigenvalue weighted by Crippen LogP contribution is -2.51. The fourth-order valence-electron chi connectivity index (χ4n) is 3.98. The first kappa shape index (κ1) is 21.4. The van der Waals surface area contributed by atoms with E-state index >= 15 is 0 Å². The third-order valence-corrected chi connectivity index (χ3v) is 5.91. The number of benzene rings is 1. The van der Waals surface area contributed by atoms with Crippen molar-refractivity contribution in [1.29, 1.82) is 0 Å². The molecular formula is C22H28ClN3O3. The van der Waals surface area contributed by atoms with Gasteiger partial charge in [0.25, 0.3) is 5.91 Å². The van der Waals surface area contributed by atoms with Crippen LogP contribution in [0.2, 0.25) is 5.15 Å². The highest BCUT2D eigenvalue weighted by Crippen LogP contribution is 2.25. The SMILES string of the molecule is Cc1nn(Cc2ccccc2)c(Cl)c1C(=O)O[C@@H](C)C(=O)N1[C@@H](C)CCC[C@@H]1C. The average molecular weight is 418 g/mol. The Morgan fingerprint density at radius 1 is 1.21 bits per heavy atom. The normalized spacial score (nSPS) is 20.4. The number of rotatable bonds is 5. The highest BCUT2D eigenvalue weighted by atomic mass is 35.5. The average Bonchev–Trinajstić information content (AvgIpc) is 2.95. The molecule has 1 aliphatic heterocycles. The van der Waals surface area contributed by atoms with Crippen LogP contribution in [-0.4, -0.2) is 44.7 Å². The van der Waals surface area contributed by atoms with Gasteiger partial charge in [-0.2, -0.15) is 5.10 Å². The quantitative estimate of drug-likeness (QED) is 0.683. The van der Waals surface area contributed by atoms with Crippen molar-refractivity contribution >= 4 is 23.5 Å². The maximum Gasteiger partial charge on any atom is 0.343 e. The summed E-state index contributed by atoms with van der Waals surface area (Å²) in [4.78, 5) is 27.5. The van der Waals surface area contributed by atoms with Gasteiger partial charge in [-0.1, -0.05) is 41.9 Å². The van der Waals surface area contributed by atoms with Crippen molar-refractivity contribution in [3.8, 4) is 0 Å². The number of piperidine rings is 1. The van der Waals surface area contributed by atoms with Crippen LogP contribution in [0.15, 0.2) is 30.3 Å². The Morgan fingerprint density at radius 2 is 1.83 bits per heavy atom. The van der Waals surface area contributed by atoms with E-state index in [4.69, 9.17) is 16.3 Å². The fourth-order valence-corrected chi connectivity index (χ4v) is 4.29. The van der Waals surface area contributed by atoms with Crippen LogP contribution in [-0.2, 0) is 16.1 Å². The number of carbonyl (C=O) groups is 2. The number of halogens is 1. The minimum atomic E-state index is -0.876. The lowest BCUT2D eigenvalue weighted by molar-refractivity contribution is -0.146. The van der Waals surface area contributed by atoms with Crippen molar-refractivity contribution in [2.75, 3.05) is 0 Å². The molecule has 0 unspecified atom stereocenters. The van der Waals surface area contributed by atoms with Gasteiger partial charge < -0.3 is 9.64 Å². The molecule has 0 spiro atoms. The van der Waals surface area contributed by atoms with E-state index in [-0.39, 0.29) is 28.7 Å². The molecular weight excluding hydrogens is 390 g/mol. The molecule has 0 saturated carbocycles. The maximum atomic E-state index is 12.9. The lowest BCUT2D eigenvalue weighted by atomic mass is 9.97. The fraction of sp³-hybridized carbons (Fsp3) is 0.500. The van der Waals surface area contributed by atoms with Gasteiger partial charge in [0.1, 0.15) is 10.7 Å². The first-order chi connectivity index (χ1) is 13.8. The van der Waals surface area contributed by atoms with Crippen molar-refractivity contribution < 1.29 is 14.3 Å². The van der Waals surface area contributed by atoms with Crippen LogP contribution in [0.25, 0.3) is 0 Å². The van der Waals surface area contributed by atoms with Gasteiger partial charge in [-0.05, 0) is 52.5 Å². The third-order valence-electron chi connectivity index (χ3n) is 5.52. The van der Waals surface area contributed by atoms with Crippen LogP contribution in [0.5, 0.6) is 0 Å². The molecule has 1 aliphatic rings. The minimum absolute atomic E-state index is 0.145. The molecule has 7 heteroatoms. The van der Waals surface area contributed by atoms with Gasteiger partial charge in [-0.15, -0.1) is 0 Å². The summed E-state index contributed by atoms with van der Waals surface area (Å²) < 4.78 is 7.08. The number of aromatic nitrogens is 2. The van der Waals surface area contributed by atoms with Gasteiger partial charge in [-0.3, -0.25) is 4.79 Å².